The zero-order valence-electron chi connectivity index (χ0n) is 19.6. The number of nitrogens with zero attached hydrogens (tertiary/aromatic N) is 1. The van der Waals surface area contributed by atoms with Crippen LogP contribution in [0.4, 0.5) is 0 Å². The summed E-state index contributed by atoms with van der Waals surface area (Å²) >= 11 is 0. The van der Waals surface area contributed by atoms with Crippen LogP contribution in [-0.4, -0.2) is 35.8 Å². The van der Waals surface area contributed by atoms with Crippen LogP contribution in [0.2, 0.25) is 0 Å². The Hall–Kier alpha value is -3.23. The Bertz CT molecular complexity index is 1370. The van der Waals surface area contributed by atoms with E-state index in [1.807, 2.05) is 37.3 Å². The summed E-state index contributed by atoms with van der Waals surface area (Å²) in [7, 11) is -3.75. The van der Waals surface area contributed by atoms with E-state index in [9.17, 15) is 18.3 Å². The van der Waals surface area contributed by atoms with Crippen LogP contribution < -0.4 is 9.46 Å². The van der Waals surface area contributed by atoms with Crippen LogP contribution in [0.5, 0.6) is 5.75 Å². The number of nitrogens with one attached hydrogen (secondary N) is 1. The number of benzene rings is 2. The normalized spacial score (nSPS) is 21.3. The highest BCUT2D eigenvalue weighted by atomic mass is 32.2. The van der Waals surface area contributed by atoms with Crippen molar-refractivity contribution in [2.24, 2.45) is 5.92 Å². The van der Waals surface area contributed by atoms with E-state index in [0.717, 1.165) is 5.69 Å². The molecule has 35 heavy (non-hydrogen) atoms. The number of fused-ring (bicyclic) bond motifs is 1. The molecule has 5 rings (SSSR count). The molecular weight excluding hydrogens is 464 g/mol. The number of ether oxygens (including phenoxy) is 1. The summed E-state index contributed by atoms with van der Waals surface area (Å²) in [5.74, 6) is -0.265. The summed E-state index contributed by atoms with van der Waals surface area (Å²) in [6, 6.07) is 18.0. The molecule has 1 amide bonds. The maximum absolute atomic E-state index is 13.0. The lowest BCUT2D eigenvalue weighted by Gasteiger charge is -2.34. The second kappa shape index (κ2) is 8.77. The molecule has 1 aliphatic heterocycles. The molecule has 8 heteroatoms. The van der Waals surface area contributed by atoms with Crippen LogP contribution >= 0.6 is 0 Å². The van der Waals surface area contributed by atoms with E-state index in [-0.39, 0.29) is 17.4 Å². The van der Waals surface area contributed by atoms with E-state index in [1.54, 1.807) is 43.5 Å². The van der Waals surface area contributed by atoms with Gasteiger partial charge in [-0.3, -0.25) is 9.78 Å². The highest BCUT2D eigenvalue weighted by Gasteiger charge is 2.51. The molecule has 7 nitrogen and oxygen atoms in total. The number of hydrogen-bond donors (Lipinski definition) is 2. The van der Waals surface area contributed by atoms with Crippen molar-refractivity contribution in [3.63, 3.8) is 0 Å². The number of aliphatic hydroxyl groups is 1. The summed E-state index contributed by atoms with van der Waals surface area (Å²) in [6.45, 7) is 4.00. The average molecular weight is 493 g/mol. The second-order valence-electron chi connectivity index (χ2n) is 9.65. The van der Waals surface area contributed by atoms with Gasteiger partial charge in [0, 0.05) is 34.9 Å². The molecule has 0 radical (unpaired) electrons. The van der Waals surface area contributed by atoms with E-state index < -0.39 is 26.8 Å². The third-order valence-electron chi connectivity index (χ3n) is 7.28. The first kappa shape index (κ1) is 23.5. The zero-order chi connectivity index (χ0) is 24.8. The Morgan fingerprint density at radius 3 is 2.60 bits per heavy atom. The number of carbonyl (C=O) groups is 1. The number of carbonyl (C=O) groups excluding carboxylic acids is 1. The lowest BCUT2D eigenvalue weighted by atomic mass is 9.81. The van der Waals surface area contributed by atoms with E-state index >= 15 is 0 Å². The lowest BCUT2D eigenvalue weighted by Crippen LogP contribution is -2.38. The van der Waals surface area contributed by atoms with Crippen molar-refractivity contribution >= 4 is 15.9 Å². The van der Waals surface area contributed by atoms with Gasteiger partial charge in [-0.1, -0.05) is 43.3 Å². The first-order valence-electron chi connectivity index (χ1n) is 11.7. The number of aliphatic hydroxyl groups excluding tert-OH is 1. The van der Waals surface area contributed by atoms with Gasteiger partial charge in [0.15, 0.2) is 0 Å². The van der Waals surface area contributed by atoms with E-state index in [0.29, 0.717) is 41.9 Å². The number of hydrogen-bond acceptors (Lipinski definition) is 6. The standard InChI is InChI=1S/C27H28N2O5S/c1-17(23-9-5-6-14-28-23)22-16-34-24-15-18(10-11-21(24)25(22)30)19-7-3-4-8-20(19)26(31)29-35(32,33)27(2)12-13-27/h3-11,14-15,17,22,25,30H,12-13,16H2,1-2H3,(H,29,31)/t17?,22-,25?/m0/s1. The minimum Gasteiger partial charge on any atom is -0.493 e. The van der Waals surface area contributed by atoms with Crippen molar-refractivity contribution < 1.29 is 23.1 Å². The van der Waals surface area contributed by atoms with Crippen LogP contribution in [0.15, 0.2) is 66.9 Å². The predicted molar refractivity (Wildman–Crippen MR) is 132 cm³/mol. The van der Waals surface area contributed by atoms with E-state index in [4.69, 9.17) is 4.74 Å². The maximum atomic E-state index is 13.0. The average Bonchev–Trinajstić information content (AvgIpc) is 3.63. The van der Waals surface area contributed by atoms with Gasteiger partial charge in [0.2, 0.25) is 10.0 Å². The van der Waals surface area contributed by atoms with Crippen LogP contribution in [0.3, 0.4) is 0 Å². The van der Waals surface area contributed by atoms with Crippen molar-refractivity contribution in [3.8, 4) is 16.9 Å². The fourth-order valence-corrected chi connectivity index (χ4v) is 5.78. The van der Waals surface area contributed by atoms with Gasteiger partial charge in [0.25, 0.3) is 5.91 Å². The van der Waals surface area contributed by atoms with Crippen molar-refractivity contribution in [2.45, 2.75) is 43.5 Å². The summed E-state index contributed by atoms with van der Waals surface area (Å²) in [5.41, 5.74) is 3.13. The van der Waals surface area contributed by atoms with Gasteiger partial charge < -0.3 is 9.84 Å². The topological polar surface area (TPSA) is 106 Å². The van der Waals surface area contributed by atoms with Gasteiger partial charge in [-0.15, -0.1) is 0 Å². The van der Waals surface area contributed by atoms with Gasteiger partial charge in [-0.05, 0) is 55.2 Å². The monoisotopic (exact) mass is 492 g/mol. The molecule has 3 atom stereocenters. The van der Waals surface area contributed by atoms with Crippen molar-refractivity contribution in [1.82, 2.24) is 9.71 Å². The van der Waals surface area contributed by atoms with Crippen LogP contribution in [0.1, 0.15) is 60.3 Å². The molecule has 2 aromatic carbocycles. The summed E-state index contributed by atoms with van der Waals surface area (Å²) in [5, 5.41) is 11.1. The van der Waals surface area contributed by atoms with Gasteiger partial charge in [-0.25, -0.2) is 13.1 Å². The molecule has 0 bridgehead atoms. The highest BCUT2D eigenvalue weighted by molar-refractivity contribution is 7.91. The number of sulfonamides is 1. The van der Waals surface area contributed by atoms with Crippen LogP contribution in [0, 0.1) is 5.92 Å². The van der Waals surface area contributed by atoms with Crippen LogP contribution in [0.25, 0.3) is 11.1 Å². The van der Waals surface area contributed by atoms with Crippen molar-refractivity contribution in [3.05, 3.63) is 83.7 Å². The fourth-order valence-electron chi connectivity index (χ4n) is 4.54. The quantitative estimate of drug-likeness (QED) is 0.534. The number of rotatable bonds is 6. The third kappa shape index (κ3) is 4.32. The zero-order valence-corrected chi connectivity index (χ0v) is 20.5. The summed E-state index contributed by atoms with van der Waals surface area (Å²) in [4.78, 5) is 17.4. The number of aromatic nitrogens is 1. The third-order valence-corrected chi connectivity index (χ3v) is 9.44. The van der Waals surface area contributed by atoms with E-state index in [2.05, 4.69) is 9.71 Å². The minimum atomic E-state index is -3.75. The molecule has 1 fully saturated rings. The Balaban J connectivity index is 1.41. The molecular formula is C27H28N2O5S. The molecule has 182 valence electrons. The summed E-state index contributed by atoms with van der Waals surface area (Å²) in [6.07, 6.45) is 2.10. The van der Waals surface area contributed by atoms with E-state index in [1.165, 1.54) is 0 Å². The molecule has 3 aromatic rings. The Morgan fingerprint density at radius 1 is 1.14 bits per heavy atom. The first-order chi connectivity index (χ1) is 16.7. The van der Waals surface area contributed by atoms with Gasteiger partial charge >= 0.3 is 0 Å². The number of pyridine rings is 1. The Kier molecular flexibility index (Phi) is 5.89. The molecule has 2 unspecified atom stereocenters. The SMILES string of the molecule is CC(c1ccccn1)[C@@H]1COc2cc(-c3ccccc3C(=O)NS(=O)(=O)C3(C)CC3)ccc2C1O. The van der Waals surface area contributed by atoms with Gasteiger partial charge in [-0.2, -0.15) is 0 Å². The fraction of sp³-hybridized carbons (Fsp3) is 0.333. The number of amides is 1. The van der Waals surface area contributed by atoms with Gasteiger partial charge in [0.1, 0.15) is 5.75 Å². The van der Waals surface area contributed by atoms with Crippen molar-refractivity contribution in [2.75, 3.05) is 6.61 Å². The maximum Gasteiger partial charge on any atom is 0.265 e. The highest BCUT2D eigenvalue weighted by Crippen LogP contribution is 2.44. The second-order valence-corrected chi connectivity index (χ2v) is 11.8. The molecule has 2 aliphatic rings. The first-order valence-corrected chi connectivity index (χ1v) is 13.2. The molecule has 2 N–H and O–H groups in total. The molecule has 0 saturated heterocycles. The summed E-state index contributed by atoms with van der Waals surface area (Å²) < 4.78 is 32.6. The van der Waals surface area contributed by atoms with Gasteiger partial charge in [0.05, 0.1) is 17.5 Å². The largest absolute Gasteiger partial charge is 0.493 e. The predicted octanol–water partition coefficient (Wildman–Crippen LogP) is 4.21. The van der Waals surface area contributed by atoms with Crippen molar-refractivity contribution in [1.29, 1.82) is 0 Å². The molecule has 1 aliphatic carbocycles. The minimum absolute atomic E-state index is 0.00118. The molecule has 1 aromatic heterocycles. The Labute approximate surface area is 205 Å². The molecule has 2 heterocycles. The molecule has 0 spiro atoms. The molecule has 1 saturated carbocycles. The smallest absolute Gasteiger partial charge is 0.265 e. The van der Waals surface area contributed by atoms with Crippen LogP contribution in [-0.2, 0) is 10.0 Å². The Morgan fingerprint density at radius 2 is 1.89 bits per heavy atom. The lowest BCUT2D eigenvalue weighted by molar-refractivity contribution is 0.0379.